The lowest BCUT2D eigenvalue weighted by Crippen LogP contribution is -2.25. The van der Waals surface area contributed by atoms with Crippen LogP contribution in [0.1, 0.15) is 91.1 Å². The molecule has 2 fully saturated rings. The van der Waals surface area contributed by atoms with E-state index in [0.29, 0.717) is 60.5 Å². The number of benzene rings is 2. The summed E-state index contributed by atoms with van der Waals surface area (Å²) < 4.78 is 41.9. The molecule has 2 amide bonds. The lowest BCUT2D eigenvalue weighted by Gasteiger charge is -2.19. The lowest BCUT2D eigenvalue weighted by molar-refractivity contribution is -0.154. The van der Waals surface area contributed by atoms with E-state index in [4.69, 9.17) is 19.9 Å². The fourth-order valence-corrected chi connectivity index (χ4v) is 5.48. The third kappa shape index (κ3) is 9.56. The van der Waals surface area contributed by atoms with Crippen molar-refractivity contribution in [2.45, 2.75) is 90.1 Å². The molecule has 48 heavy (non-hydrogen) atoms. The highest BCUT2D eigenvalue weighted by atomic mass is 35.5. The Morgan fingerprint density at radius 1 is 0.812 bits per heavy atom. The van der Waals surface area contributed by atoms with E-state index in [9.17, 15) is 23.2 Å². The fraction of sp³-hybridized carbons (Fsp3) is 0.472. The van der Waals surface area contributed by atoms with Gasteiger partial charge in [-0.3, -0.25) is 14.4 Å². The van der Waals surface area contributed by atoms with Crippen molar-refractivity contribution in [2.24, 2.45) is 5.73 Å². The van der Waals surface area contributed by atoms with Crippen molar-refractivity contribution < 1.29 is 37.4 Å². The molecule has 0 spiro atoms. The smallest absolute Gasteiger partial charge is 0.306 e. The van der Waals surface area contributed by atoms with Gasteiger partial charge in [-0.15, -0.1) is 12.4 Å². The van der Waals surface area contributed by atoms with Gasteiger partial charge in [-0.05, 0) is 106 Å². The second-order valence-electron chi connectivity index (χ2n) is 13.4. The number of fused-ring (bicyclic) bond motifs is 2. The highest BCUT2D eigenvalue weighted by Crippen LogP contribution is 2.37. The first-order chi connectivity index (χ1) is 22.5. The van der Waals surface area contributed by atoms with Gasteiger partial charge >= 0.3 is 5.97 Å². The van der Waals surface area contributed by atoms with Crippen LogP contribution in [0.3, 0.4) is 0 Å². The van der Waals surface area contributed by atoms with Gasteiger partial charge in [0.25, 0.3) is 11.8 Å². The standard InChI is InChI=1S/C21H26FNO4.C15H17FN2O2.ClH/c1-21(2,3)27-19(24)9-4-14(11-22)13-26-17-7-8-18-15(10-17)12-23(20(18)25)16-5-6-16;16-6-10(7-17)9-20-13-3-4-14-11(5-13)8-18(15(14)19)12-1-2-12;/h7-8,10-11,16H,4-6,9,12-13H2,1-3H3;3-6,12H,1-2,7-9,17H2;1H/b14-11+;10-6+;. The van der Waals surface area contributed by atoms with Gasteiger partial charge in [0.2, 0.25) is 0 Å². The predicted octanol–water partition coefficient (Wildman–Crippen LogP) is 6.58. The molecule has 0 radical (unpaired) electrons. The molecular formula is C36H44ClF2N3O6. The Labute approximate surface area is 286 Å². The second-order valence-corrected chi connectivity index (χ2v) is 13.4. The Bertz CT molecular complexity index is 1570. The molecule has 0 saturated heterocycles. The first-order valence-corrected chi connectivity index (χ1v) is 16.1. The zero-order valence-electron chi connectivity index (χ0n) is 27.6. The number of hydrogen-bond acceptors (Lipinski definition) is 7. The van der Waals surface area contributed by atoms with Crippen LogP contribution in [0.4, 0.5) is 8.78 Å². The van der Waals surface area contributed by atoms with Gasteiger partial charge < -0.3 is 29.7 Å². The van der Waals surface area contributed by atoms with Crippen molar-refractivity contribution in [2.75, 3.05) is 19.8 Å². The zero-order chi connectivity index (χ0) is 33.7. The molecule has 0 aromatic heterocycles. The van der Waals surface area contributed by atoms with Crippen LogP contribution >= 0.6 is 12.4 Å². The monoisotopic (exact) mass is 687 g/mol. The van der Waals surface area contributed by atoms with Crippen molar-refractivity contribution >= 4 is 30.2 Å². The summed E-state index contributed by atoms with van der Waals surface area (Å²) in [5, 5.41) is 0. The average molecular weight is 688 g/mol. The lowest BCUT2D eigenvalue weighted by atomic mass is 10.1. The highest BCUT2D eigenvalue weighted by Gasteiger charge is 2.39. The van der Waals surface area contributed by atoms with Crippen LogP contribution in [-0.4, -0.2) is 65.0 Å². The summed E-state index contributed by atoms with van der Waals surface area (Å²) >= 11 is 0. The number of hydrogen-bond donors (Lipinski definition) is 1. The topological polar surface area (TPSA) is 111 Å². The summed E-state index contributed by atoms with van der Waals surface area (Å²) in [6.07, 6.45) is 5.66. The summed E-state index contributed by atoms with van der Waals surface area (Å²) in [4.78, 5) is 40.1. The summed E-state index contributed by atoms with van der Waals surface area (Å²) in [5.41, 5.74) is 9.02. The van der Waals surface area contributed by atoms with Gasteiger partial charge in [0, 0.05) is 54.8 Å². The van der Waals surface area contributed by atoms with E-state index in [0.717, 1.165) is 47.9 Å². The van der Waals surface area contributed by atoms with Crippen LogP contribution in [0.5, 0.6) is 11.5 Å². The van der Waals surface area contributed by atoms with E-state index in [1.54, 1.807) is 45.0 Å². The van der Waals surface area contributed by atoms with Gasteiger partial charge in [0.1, 0.15) is 30.3 Å². The van der Waals surface area contributed by atoms with E-state index < -0.39 is 5.60 Å². The van der Waals surface area contributed by atoms with Crippen LogP contribution < -0.4 is 15.2 Å². The molecule has 2 aromatic carbocycles. The molecule has 4 aliphatic rings. The first kappa shape index (κ1) is 36.9. The van der Waals surface area contributed by atoms with Crippen molar-refractivity contribution in [3.05, 3.63) is 82.5 Å². The Balaban J connectivity index is 0.000000221. The maximum atomic E-state index is 13.1. The highest BCUT2D eigenvalue weighted by molar-refractivity contribution is 5.99. The minimum absolute atomic E-state index is 0. The Kier molecular flexibility index (Phi) is 12.3. The van der Waals surface area contributed by atoms with Crippen LogP contribution in [0.15, 0.2) is 60.2 Å². The van der Waals surface area contributed by atoms with Crippen LogP contribution in [0.2, 0.25) is 0 Å². The fourth-order valence-electron chi connectivity index (χ4n) is 5.48. The third-order valence-electron chi connectivity index (χ3n) is 8.28. The molecule has 2 aliphatic carbocycles. The summed E-state index contributed by atoms with van der Waals surface area (Å²) in [7, 11) is 0. The molecule has 9 nitrogen and oxygen atoms in total. The van der Waals surface area contributed by atoms with Crippen LogP contribution in [0, 0.1) is 0 Å². The van der Waals surface area contributed by atoms with E-state index in [1.807, 2.05) is 21.9 Å². The summed E-state index contributed by atoms with van der Waals surface area (Å²) in [6, 6.07) is 11.5. The summed E-state index contributed by atoms with van der Waals surface area (Å²) in [6.45, 7) is 6.97. The number of carbonyl (C=O) groups is 3. The number of rotatable bonds is 12. The SMILES string of the molecule is CC(C)(C)OC(=O)CC/C(=C\F)COc1ccc2c(c1)CN(C1CC1)C2=O.Cl.NC/C(=C\F)COc1ccc2c(c1)CN(C1CC1)C2=O. The third-order valence-corrected chi connectivity index (χ3v) is 8.28. The number of nitrogens with two attached hydrogens (primary N) is 1. The Hall–Kier alpha value is -3.96. The first-order valence-electron chi connectivity index (χ1n) is 16.1. The molecule has 2 saturated carbocycles. The minimum atomic E-state index is -0.552. The van der Waals surface area contributed by atoms with Crippen LogP contribution in [-0.2, 0) is 22.6 Å². The molecule has 2 N–H and O–H groups in total. The molecule has 260 valence electrons. The van der Waals surface area contributed by atoms with Crippen molar-refractivity contribution in [3.8, 4) is 11.5 Å². The maximum absolute atomic E-state index is 13.1. The molecule has 6 rings (SSSR count). The zero-order valence-corrected chi connectivity index (χ0v) is 28.5. The Morgan fingerprint density at radius 2 is 1.27 bits per heavy atom. The molecular weight excluding hydrogens is 644 g/mol. The molecule has 12 heteroatoms. The molecule has 2 aromatic rings. The largest absolute Gasteiger partial charge is 0.489 e. The average Bonchev–Trinajstić information content (AvgIpc) is 3.98. The number of carbonyl (C=O) groups excluding carboxylic acids is 3. The van der Waals surface area contributed by atoms with Gasteiger partial charge in [-0.2, -0.15) is 0 Å². The van der Waals surface area contributed by atoms with E-state index in [1.165, 1.54) is 0 Å². The van der Waals surface area contributed by atoms with Gasteiger partial charge in [0.15, 0.2) is 0 Å². The van der Waals surface area contributed by atoms with Crippen LogP contribution in [0.25, 0.3) is 0 Å². The van der Waals surface area contributed by atoms with E-state index >= 15 is 0 Å². The normalized spacial score (nSPS) is 17.3. The predicted molar refractivity (Wildman–Crippen MR) is 179 cm³/mol. The molecule has 0 unspecified atom stereocenters. The molecule has 2 aliphatic heterocycles. The number of amides is 2. The van der Waals surface area contributed by atoms with Gasteiger partial charge in [-0.1, -0.05) is 0 Å². The second kappa shape index (κ2) is 16.0. The van der Waals surface area contributed by atoms with E-state index in [-0.39, 0.29) is 62.8 Å². The van der Waals surface area contributed by atoms with Crippen molar-refractivity contribution in [1.29, 1.82) is 0 Å². The summed E-state index contributed by atoms with van der Waals surface area (Å²) in [5.74, 6) is 1.07. The number of ether oxygens (including phenoxy) is 3. The number of nitrogens with zero attached hydrogens (tertiary/aromatic N) is 2. The van der Waals surface area contributed by atoms with E-state index in [2.05, 4.69) is 0 Å². The number of esters is 1. The minimum Gasteiger partial charge on any atom is -0.489 e. The molecule has 0 atom stereocenters. The quantitative estimate of drug-likeness (QED) is 0.251. The Morgan fingerprint density at radius 3 is 1.67 bits per heavy atom. The molecule has 0 bridgehead atoms. The van der Waals surface area contributed by atoms with Crippen molar-refractivity contribution in [3.63, 3.8) is 0 Å². The number of halogens is 3. The van der Waals surface area contributed by atoms with Crippen molar-refractivity contribution in [1.82, 2.24) is 9.80 Å². The van der Waals surface area contributed by atoms with Gasteiger partial charge in [0.05, 0.1) is 12.7 Å². The maximum Gasteiger partial charge on any atom is 0.306 e. The molecule has 2 heterocycles. The van der Waals surface area contributed by atoms with Gasteiger partial charge in [-0.25, -0.2) is 8.78 Å².